The fourth-order valence-corrected chi connectivity index (χ4v) is 5.75. The van der Waals surface area contributed by atoms with Gasteiger partial charge in [0.15, 0.2) is 0 Å². The molecular weight excluding hydrogens is 621 g/mol. The van der Waals surface area contributed by atoms with Gasteiger partial charge >= 0.3 is 5.97 Å². The largest absolute Gasteiger partial charge is 0.478 e. The number of aromatic amines is 1. The molecule has 0 fully saturated rings. The summed E-state index contributed by atoms with van der Waals surface area (Å²) >= 11 is 12.5. The third-order valence-corrected chi connectivity index (χ3v) is 8.01. The molecule has 1 atom stereocenters. The van der Waals surface area contributed by atoms with Crippen molar-refractivity contribution < 1.29 is 19.4 Å². The van der Waals surface area contributed by atoms with Gasteiger partial charge in [-0.05, 0) is 77.1 Å². The molecule has 0 aliphatic heterocycles. The maximum Gasteiger partial charge on any atom is 0.337 e. The second kappa shape index (κ2) is 13.8. The van der Waals surface area contributed by atoms with Crippen molar-refractivity contribution in [3.8, 4) is 33.9 Å². The van der Waals surface area contributed by atoms with E-state index in [1.54, 1.807) is 24.3 Å². The fourth-order valence-electron chi connectivity index (χ4n) is 5.25. The van der Waals surface area contributed by atoms with Gasteiger partial charge < -0.3 is 20.1 Å². The molecule has 7 nitrogen and oxygen atoms in total. The van der Waals surface area contributed by atoms with Crippen LogP contribution in [0.2, 0.25) is 10.0 Å². The van der Waals surface area contributed by atoms with Crippen molar-refractivity contribution in [2.75, 3.05) is 5.32 Å². The van der Waals surface area contributed by atoms with Gasteiger partial charge in [-0.2, -0.15) is 0 Å². The number of rotatable bonds is 10. The highest BCUT2D eigenvalue weighted by atomic mass is 35.5. The fraction of sp³-hybridized carbons (Fsp3) is 0.216. The summed E-state index contributed by atoms with van der Waals surface area (Å²) in [6.45, 7) is 7.97. The summed E-state index contributed by atoms with van der Waals surface area (Å²) < 4.78 is 5.96. The number of nitrogens with one attached hydrogen (secondary N) is 2. The molecule has 0 bridgehead atoms. The van der Waals surface area contributed by atoms with Crippen LogP contribution in [0.5, 0.6) is 11.5 Å². The number of hydrogen-bond acceptors (Lipinski definition) is 4. The first-order valence-electron chi connectivity index (χ1n) is 15.0. The van der Waals surface area contributed by atoms with Crippen molar-refractivity contribution in [2.45, 2.75) is 46.5 Å². The first-order valence-corrected chi connectivity index (χ1v) is 15.7. The van der Waals surface area contributed by atoms with Gasteiger partial charge in [-0.3, -0.25) is 4.79 Å². The van der Waals surface area contributed by atoms with Crippen molar-refractivity contribution >= 4 is 40.8 Å². The van der Waals surface area contributed by atoms with Crippen molar-refractivity contribution in [3.63, 3.8) is 0 Å². The Balaban J connectivity index is 1.27. The lowest BCUT2D eigenvalue weighted by Gasteiger charge is -2.18. The summed E-state index contributed by atoms with van der Waals surface area (Å²) in [6.07, 6.45) is 3.00. The van der Waals surface area contributed by atoms with E-state index in [1.165, 1.54) is 6.07 Å². The van der Waals surface area contributed by atoms with Gasteiger partial charge in [-0.25, -0.2) is 9.78 Å². The number of amides is 1. The molecule has 0 aliphatic rings. The Kier molecular flexibility index (Phi) is 9.85. The van der Waals surface area contributed by atoms with E-state index < -0.39 is 5.97 Å². The van der Waals surface area contributed by atoms with Gasteiger partial charge in [0.1, 0.15) is 17.3 Å². The number of halogens is 2. The Morgan fingerprint density at radius 3 is 2.17 bits per heavy atom. The Labute approximate surface area is 278 Å². The number of nitrogens with zero attached hydrogens (tertiary/aromatic N) is 1. The molecular formula is C37H35Cl2N3O4. The van der Waals surface area contributed by atoms with Crippen LogP contribution in [0.4, 0.5) is 5.69 Å². The monoisotopic (exact) mass is 655 g/mol. The van der Waals surface area contributed by atoms with Gasteiger partial charge in [0, 0.05) is 29.1 Å². The minimum atomic E-state index is -1.15. The van der Waals surface area contributed by atoms with Crippen LogP contribution in [-0.2, 0) is 4.79 Å². The number of H-pyrrole nitrogens is 1. The summed E-state index contributed by atoms with van der Waals surface area (Å²) in [4.78, 5) is 32.5. The second-order valence-corrected chi connectivity index (χ2v) is 13.1. The van der Waals surface area contributed by atoms with E-state index >= 15 is 0 Å². The van der Waals surface area contributed by atoms with Crippen LogP contribution in [0.1, 0.15) is 68.2 Å². The summed E-state index contributed by atoms with van der Waals surface area (Å²) in [6, 6.07) is 26.0. The molecule has 1 amide bonds. The van der Waals surface area contributed by atoms with Gasteiger partial charge in [-0.15, -0.1) is 0 Å². The molecule has 46 heavy (non-hydrogen) atoms. The average Bonchev–Trinajstić information content (AvgIpc) is 3.47. The molecule has 0 saturated carbocycles. The summed E-state index contributed by atoms with van der Waals surface area (Å²) in [5.41, 5.74) is 4.76. The van der Waals surface area contributed by atoms with E-state index in [-0.39, 0.29) is 34.9 Å². The van der Waals surface area contributed by atoms with Crippen LogP contribution in [0.3, 0.4) is 0 Å². The minimum Gasteiger partial charge on any atom is -0.478 e. The second-order valence-electron chi connectivity index (χ2n) is 12.3. The number of anilines is 1. The zero-order valence-electron chi connectivity index (χ0n) is 26.0. The first kappa shape index (κ1) is 32.8. The number of carbonyl (C=O) groups is 2. The van der Waals surface area contributed by atoms with E-state index in [4.69, 9.17) is 32.9 Å². The minimum absolute atomic E-state index is 0.0404. The van der Waals surface area contributed by atoms with Crippen molar-refractivity contribution in [1.82, 2.24) is 9.97 Å². The molecule has 9 heteroatoms. The quantitative estimate of drug-likeness (QED) is 0.139. The van der Waals surface area contributed by atoms with E-state index in [1.807, 2.05) is 57.3 Å². The van der Waals surface area contributed by atoms with E-state index in [0.29, 0.717) is 21.5 Å². The van der Waals surface area contributed by atoms with Crippen molar-refractivity contribution in [1.29, 1.82) is 0 Å². The summed E-state index contributed by atoms with van der Waals surface area (Å²) in [7, 11) is 0. The number of carbonyl (C=O) groups excluding carboxylic acids is 1. The van der Waals surface area contributed by atoms with E-state index in [9.17, 15) is 14.7 Å². The number of aromatic nitrogens is 2. The average molecular weight is 657 g/mol. The van der Waals surface area contributed by atoms with Crippen LogP contribution in [-0.4, -0.2) is 27.0 Å². The molecule has 0 radical (unpaired) electrons. The smallest absolute Gasteiger partial charge is 0.337 e. The maximum atomic E-state index is 12.4. The third-order valence-electron chi connectivity index (χ3n) is 7.47. The van der Waals surface area contributed by atoms with E-state index in [2.05, 4.69) is 41.5 Å². The van der Waals surface area contributed by atoms with Crippen LogP contribution >= 0.6 is 23.2 Å². The highest BCUT2D eigenvalue weighted by Crippen LogP contribution is 2.34. The van der Waals surface area contributed by atoms with Crippen LogP contribution < -0.4 is 10.1 Å². The lowest BCUT2D eigenvalue weighted by Crippen LogP contribution is -2.20. The molecule has 236 valence electrons. The molecule has 4 aromatic carbocycles. The number of hydrogen-bond donors (Lipinski definition) is 3. The highest BCUT2D eigenvalue weighted by Gasteiger charge is 2.20. The normalized spacial score (nSPS) is 12.0. The van der Waals surface area contributed by atoms with Gasteiger partial charge in [0.25, 0.3) is 0 Å². The topological polar surface area (TPSA) is 104 Å². The number of ether oxygens (including phenoxy) is 1. The summed E-state index contributed by atoms with van der Waals surface area (Å²) in [5, 5.41) is 13.6. The molecule has 0 spiro atoms. The SMILES string of the molecule is CCC(c1ccc(-c2ccc(Oc3ccc(NC(=O)CC(C)(C)C)c(C(=O)O)c3)cc2)cc1)c1nc(-c2ccc(Cl)cc2Cl)c[nH]1. The van der Waals surface area contributed by atoms with Crippen molar-refractivity contribution in [3.05, 3.63) is 118 Å². The number of benzene rings is 4. The molecule has 3 N–H and O–H groups in total. The van der Waals surface area contributed by atoms with Gasteiger partial charge in [0.05, 0.1) is 22.0 Å². The molecule has 1 heterocycles. The molecule has 5 rings (SSSR count). The van der Waals surface area contributed by atoms with Gasteiger partial charge in [-0.1, -0.05) is 87.3 Å². The number of imidazole rings is 1. The number of aromatic carboxylic acids is 1. The van der Waals surface area contributed by atoms with E-state index in [0.717, 1.165) is 40.2 Å². The van der Waals surface area contributed by atoms with Crippen molar-refractivity contribution in [2.24, 2.45) is 5.41 Å². The Morgan fingerprint density at radius 1 is 0.913 bits per heavy atom. The zero-order chi connectivity index (χ0) is 33.0. The maximum absolute atomic E-state index is 12.4. The first-order chi connectivity index (χ1) is 21.9. The standard InChI is InChI=1S/C37H35Cl2N3O4/c1-5-28(35-40-21-33(42-35)29-16-12-25(38)18-31(29)39)24-8-6-22(7-9-24)23-10-13-26(14-11-23)46-27-15-17-32(30(19-27)36(44)45)41-34(43)20-37(2,3)4/h6-19,21,28H,5,20H2,1-4H3,(H,40,42)(H,41,43)(H,44,45). The van der Waals surface area contributed by atoms with Crippen LogP contribution in [0, 0.1) is 5.41 Å². The summed E-state index contributed by atoms with van der Waals surface area (Å²) in [5.74, 6) is 0.462. The third kappa shape index (κ3) is 7.97. The number of carboxylic acids is 1. The zero-order valence-corrected chi connectivity index (χ0v) is 27.5. The lowest BCUT2D eigenvalue weighted by molar-refractivity contribution is -0.117. The predicted octanol–water partition coefficient (Wildman–Crippen LogP) is 10.5. The lowest BCUT2D eigenvalue weighted by atomic mass is 9.92. The Morgan fingerprint density at radius 2 is 1.57 bits per heavy atom. The molecule has 0 aliphatic carbocycles. The Hall–Kier alpha value is -4.59. The highest BCUT2D eigenvalue weighted by molar-refractivity contribution is 6.36. The molecule has 5 aromatic rings. The Bertz CT molecular complexity index is 1860. The van der Waals surface area contributed by atoms with Gasteiger partial charge in [0.2, 0.25) is 5.91 Å². The van der Waals surface area contributed by atoms with Crippen LogP contribution in [0.15, 0.2) is 91.1 Å². The predicted molar refractivity (Wildman–Crippen MR) is 184 cm³/mol. The number of carboxylic acid groups (broad SMARTS) is 1. The molecule has 1 unspecified atom stereocenters. The molecule has 0 saturated heterocycles. The van der Waals surface area contributed by atoms with Crippen LogP contribution in [0.25, 0.3) is 22.4 Å². The molecule has 1 aromatic heterocycles.